The second-order valence-corrected chi connectivity index (χ2v) is 24.5. The van der Waals surface area contributed by atoms with Gasteiger partial charge < -0.3 is 16.4 Å². The van der Waals surface area contributed by atoms with Crippen molar-refractivity contribution in [2.75, 3.05) is 24.6 Å². The van der Waals surface area contributed by atoms with Gasteiger partial charge in [0.05, 0.1) is 22.8 Å². The number of anilines is 2. The smallest absolute Gasteiger partial charge is 0.257 e. The summed E-state index contributed by atoms with van der Waals surface area (Å²) < 4.78 is 2.85. The predicted molar refractivity (Wildman–Crippen MR) is 328 cm³/mol. The van der Waals surface area contributed by atoms with E-state index in [-0.39, 0.29) is 41.1 Å². The van der Waals surface area contributed by atoms with Crippen LogP contribution in [0.15, 0.2) is 75.3 Å². The third-order valence-corrected chi connectivity index (χ3v) is 16.0. The third kappa shape index (κ3) is 17.9. The van der Waals surface area contributed by atoms with Gasteiger partial charge in [0.25, 0.3) is 17.8 Å². The highest BCUT2D eigenvalue weighted by molar-refractivity contribution is 5.98. The Morgan fingerprint density at radius 2 is 0.887 bits per heavy atom. The van der Waals surface area contributed by atoms with Gasteiger partial charge in [-0.1, -0.05) is 187 Å². The van der Waals surface area contributed by atoms with Gasteiger partial charge in [0, 0.05) is 41.0 Å². The maximum absolute atomic E-state index is 14.3. The van der Waals surface area contributed by atoms with Crippen LogP contribution in [-0.2, 0) is 10.8 Å². The zero-order valence-corrected chi connectivity index (χ0v) is 51.6. The number of unbranched alkanes of at least 4 members (excludes halogenated alkanes) is 4. The minimum atomic E-state index is -0.505. The Labute approximate surface area is 480 Å². The normalized spacial score (nSPS) is 14.2. The molecule has 0 aliphatic heterocycles. The summed E-state index contributed by atoms with van der Waals surface area (Å²) in [7, 11) is 0. The van der Waals surface area contributed by atoms with Gasteiger partial charge in [-0.3, -0.25) is 9.59 Å². The maximum Gasteiger partial charge on any atom is 0.257 e. The molecule has 438 valence electrons. The second kappa shape index (κ2) is 31.1. The van der Waals surface area contributed by atoms with Gasteiger partial charge in [-0.05, 0) is 97.9 Å². The molecule has 16 nitrogen and oxygen atoms in total. The molecule has 0 radical (unpaired) electrons. The van der Waals surface area contributed by atoms with Gasteiger partial charge in [-0.15, -0.1) is 10.2 Å². The molecule has 0 spiro atoms. The van der Waals surface area contributed by atoms with Gasteiger partial charge in [-0.2, -0.15) is 44.7 Å². The molecule has 1 amide bonds. The first-order chi connectivity index (χ1) is 38.2. The van der Waals surface area contributed by atoms with Crippen molar-refractivity contribution in [3.8, 4) is 11.9 Å². The van der Waals surface area contributed by atoms with Gasteiger partial charge in [-0.25, -0.2) is 0 Å². The summed E-state index contributed by atoms with van der Waals surface area (Å²) >= 11 is 0. The highest BCUT2D eigenvalue weighted by Crippen LogP contribution is 2.40. The Morgan fingerprint density at radius 1 is 0.525 bits per heavy atom. The number of nitrogens with two attached hydrogens (primary N) is 2. The number of hydrogen-bond donors (Lipinski definition) is 2. The van der Waals surface area contributed by atoms with Crippen LogP contribution >= 0.6 is 0 Å². The minimum absolute atomic E-state index is 0.0110. The summed E-state index contributed by atoms with van der Waals surface area (Å²) in [6, 6.07) is 14.8. The molecule has 5 aromatic rings. The molecule has 16 heteroatoms. The van der Waals surface area contributed by atoms with E-state index in [0.717, 1.165) is 77.3 Å². The van der Waals surface area contributed by atoms with Crippen LogP contribution in [0.2, 0.25) is 0 Å². The van der Waals surface area contributed by atoms with Crippen LogP contribution in [0.25, 0.3) is 11.9 Å². The van der Waals surface area contributed by atoms with E-state index in [9.17, 15) is 9.59 Å². The van der Waals surface area contributed by atoms with Crippen LogP contribution < -0.4 is 11.5 Å². The van der Waals surface area contributed by atoms with Gasteiger partial charge in [0.1, 0.15) is 6.33 Å². The Bertz CT molecular complexity index is 2530. The number of ketones is 1. The lowest BCUT2D eigenvalue weighted by Gasteiger charge is -2.31. The molecule has 0 fully saturated rings. The quantitative estimate of drug-likeness (QED) is 0.0302. The van der Waals surface area contributed by atoms with E-state index >= 15 is 0 Å². The Kier molecular flexibility index (Phi) is 25.2. The van der Waals surface area contributed by atoms with E-state index in [0.29, 0.717) is 68.9 Å². The van der Waals surface area contributed by atoms with Crippen LogP contribution in [0.4, 0.5) is 34.4 Å². The first-order valence-electron chi connectivity index (χ1n) is 30.6. The number of hydrogen-bond acceptors (Lipinski definition) is 13. The maximum atomic E-state index is 14.3. The fourth-order valence-electron chi connectivity index (χ4n) is 10.6. The van der Waals surface area contributed by atoms with Crippen molar-refractivity contribution in [2.45, 2.75) is 223 Å². The Morgan fingerprint density at radius 3 is 1.24 bits per heavy atom. The van der Waals surface area contributed by atoms with Crippen molar-refractivity contribution >= 4 is 46.1 Å². The molecule has 3 heterocycles. The van der Waals surface area contributed by atoms with Gasteiger partial charge in [0.2, 0.25) is 0 Å². The number of carbonyl (C=O) groups is 2. The fourth-order valence-corrected chi connectivity index (χ4v) is 10.6. The average Bonchev–Trinajstić information content (AvgIpc) is 4.05. The van der Waals surface area contributed by atoms with E-state index in [2.05, 4.69) is 90.7 Å². The molecule has 80 heavy (non-hydrogen) atoms. The van der Waals surface area contributed by atoms with Crippen molar-refractivity contribution < 1.29 is 9.59 Å². The van der Waals surface area contributed by atoms with Crippen LogP contribution in [0.3, 0.4) is 0 Å². The van der Waals surface area contributed by atoms with E-state index < -0.39 is 10.8 Å². The second-order valence-electron chi connectivity index (χ2n) is 24.5. The molecule has 4 atom stereocenters. The summed E-state index contributed by atoms with van der Waals surface area (Å²) in [6.45, 7) is 31.6. The molecule has 3 aromatic heterocycles. The Balaban J connectivity index is 1.41. The molecular weight excluding hydrogens is 997 g/mol. The van der Waals surface area contributed by atoms with Crippen LogP contribution in [-0.4, -0.2) is 64.2 Å². The van der Waals surface area contributed by atoms with E-state index in [1.165, 1.54) is 67.1 Å². The van der Waals surface area contributed by atoms with Crippen molar-refractivity contribution in [3.05, 3.63) is 77.4 Å². The largest absolute Gasteiger partial charge is 0.382 e. The highest BCUT2D eigenvalue weighted by atomic mass is 16.2. The lowest BCUT2D eigenvalue weighted by Crippen LogP contribution is -2.39. The number of amides is 1. The summed E-state index contributed by atoms with van der Waals surface area (Å²) in [5, 5.41) is 28.4. The molecule has 0 saturated carbocycles. The number of nitrogens with zero attached hydrogens (tertiary/aromatic N) is 12. The van der Waals surface area contributed by atoms with E-state index in [1.54, 1.807) is 0 Å². The number of benzene rings is 2. The van der Waals surface area contributed by atoms with Crippen molar-refractivity contribution in [3.63, 3.8) is 0 Å². The first kappa shape index (κ1) is 64.6. The first-order valence-corrected chi connectivity index (χ1v) is 30.6. The number of rotatable bonds is 33. The standard InChI is InChI=1S/C64H100N14O2/c1-15-23-27-44(19-5)39-50(40-45(20-6)28-24-16-2)55(79)48-31-35-51(36-32-48)70-72-53-56(63(9,10)11)74-77(58(53)65)61-67-43-68-62(69-61)78-59(66)54(57(75-78)64(12,13)14)73-71-52-37-33-49(34-38-52)60(80)76(41-46(21-7)29-25-17-3)42-47(22-8)30-26-18-4/h31-38,43-47,50H,15-30,39-42,65-66H2,1-14H3. The molecule has 0 saturated heterocycles. The SMILES string of the molecule is CCCCC(CC)CC(CC(CC)CCCC)C(=O)c1ccc(N=Nc2c(C(C)(C)C)nn(-c3ncnc(-n4nc(C(C)(C)C)c(N=Nc5ccc(C(=O)N(CC(CC)CCCC)CC(CC)CCCC)cc5)c4N)n3)c2N)cc1. The number of azo groups is 2. The Hall–Kier alpha value is -6.19. The van der Waals surface area contributed by atoms with Crippen molar-refractivity contribution in [1.82, 2.24) is 39.4 Å². The average molecular weight is 1100 g/mol. The molecular formula is C64H100N14O2. The van der Waals surface area contributed by atoms with Crippen LogP contribution in [0.1, 0.15) is 245 Å². The molecule has 0 aliphatic rings. The number of carbonyl (C=O) groups excluding carboxylic acids is 2. The van der Waals surface area contributed by atoms with Gasteiger partial charge in [0.15, 0.2) is 28.8 Å². The molecule has 4 N–H and O–H groups in total. The third-order valence-electron chi connectivity index (χ3n) is 16.0. The number of aromatic nitrogens is 7. The highest BCUT2D eigenvalue weighted by Gasteiger charge is 2.31. The van der Waals surface area contributed by atoms with Crippen LogP contribution in [0.5, 0.6) is 0 Å². The van der Waals surface area contributed by atoms with E-state index in [4.69, 9.17) is 26.6 Å². The molecule has 0 bridgehead atoms. The lowest BCUT2D eigenvalue weighted by atomic mass is 9.78. The number of Topliss-reactive ketones (excluding diaryl/α,β-unsaturated/α-hetero) is 1. The predicted octanol–water partition coefficient (Wildman–Crippen LogP) is 17.7. The lowest BCUT2D eigenvalue weighted by molar-refractivity contribution is 0.0684. The molecule has 2 aromatic carbocycles. The molecule has 5 rings (SSSR count). The van der Waals surface area contributed by atoms with E-state index in [1.807, 2.05) is 90.1 Å². The van der Waals surface area contributed by atoms with Crippen molar-refractivity contribution in [1.29, 1.82) is 0 Å². The molecule has 0 aliphatic carbocycles. The van der Waals surface area contributed by atoms with Crippen LogP contribution in [0, 0.1) is 29.6 Å². The monoisotopic (exact) mass is 1100 g/mol. The molecule has 4 unspecified atom stereocenters. The summed E-state index contributed by atoms with van der Waals surface area (Å²) in [4.78, 5) is 44.4. The minimum Gasteiger partial charge on any atom is -0.382 e. The summed E-state index contributed by atoms with van der Waals surface area (Å²) in [5.41, 5.74) is 17.2. The number of nitrogen functional groups attached to an aromatic ring is 2. The van der Waals surface area contributed by atoms with Crippen molar-refractivity contribution in [2.24, 2.45) is 50.0 Å². The fraction of sp³-hybridized carbons (Fsp3) is 0.641. The zero-order valence-electron chi connectivity index (χ0n) is 51.6. The van der Waals surface area contributed by atoms with Gasteiger partial charge >= 0.3 is 0 Å². The summed E-state index contributed by atoms with van der Waals surface area (Å²) in [6.07, 6.45) is 21.4. The zero-order chi connectivity index (χ0) is 58.6. The summed E-state index contributed by atoms with van der Waals surface area (Å²) in [5.74, 6) is 2.88. The topological polar surface area (TPSA) is 213 Å².